The minimum Gasteiger partial charge on any atom is -0.305 e. The number of non-ortho nitro benzene ring substituents is 2. The molecule has 0 saturated heterocycles. The SMILES string of the molecule is CCN(CC)Cn1c(Sc2ccc([N+](=O)[O-])cc2[N+](=O)[O-])nc2ccc([N+](=O)[O-])cc21. The molecule has 0 radical (unpaired) electrons. The Balaban J connectivity index is 2.14. The molecule has 0 fully saturated rings. The monoisotopic (exact) mass is 446 g/mol. The zero-order valence-corrected chi connectivity index (χ0v) is 17.4. The quantitative estimate of drug-likeness (QED) is 0.347. The minimum absolute atomic E-state index is 0.0916. The molecule has 12 nitrogen and oxygen atoms in total. The lowest BCUT2D eigenvalue weighted by molar-refractivity contribution is -0.396. The highest BCUT2D eigenvalue weighted by atomic mass is 32.2. The number of nitro groups is 3. The van der Waals surface area contributed by atoms with E-state index in [4.69, 9.17) is 0 Å². The molecule has 0 atom stereocenters. The summed E-state index contributed by atoms with van der Waals surface area (Å²) in [7, 11) is 0. The lowest BCUT2D eigenvalue weighted by atomic mass is 10.3. The van der Waals surface area contributed by atoms with E-state index in [1.807, 2.05) is 13.8 Å². The number of imidazole rings is 1. The van der Waals surface area contributed by atoms with E-state index in [9.17, 15) is 30.3 Å². The second kappa shape index (κ2) is 9.06. The molecule has 0 aliphatic heterocycles. The van der Waals surface area contributed by atoms with Gasteiger partial charge in [0.2, 0.25) is 0 Å². The molecule has 0 aliphatic carbocycles. The lowest BCUT2D eigenvalue weighted by Gasteiger charge is -2.20. The van der Waals surface area contributed by atoms with E-state index in [0.717, 1.165) is 17.8 Å². The number of hydrogen-bond donors (Lipinski definition) is 0. The van der Waals surface area contributed by atoms with Crippen molar-refractivity contribution in [3.8, 4) is 0 Å². The van der Waals surface area contributed by atoms with Crippen LogP contribution in [0.3, 0.4) is 0 Å². The van der Waals surface area contributed by atoms with Gasteiger partial charge in [-0.2, -0.15) is 0 Å². The van der Waals surface area contributed by atoms with Gasteiger partial charge in [-0.05, 0) is 37.0 Å². The van der Waals surface area contributed by atoms with Crippen LogP contribution < -0.4 is 0 Å². The van der Waals surface area contributed by atoms with Gasteiger partial charge in [0.15, 0.2) is 5.16 Å². The first-order valence-electron chi connectivity index (χ1n) is 9.22. The number of rotatable bonds is 9. The summed E-state index contributed by atoms with van der Waals surface area (Å²) >= 11 is 0.984. The van der Waals surface area contributed by atoms with Gasteiger partial charge < -0.3 is 4.57 Å². The molecule has 0 saturated carbocycles. The first kappa shape index (κ1) is 22.1. The molecule has 13 heteroatoms. The minimum atomic E-state index is -0.698. The zero-order chi connectivity index (χ0) is 22.7. The topological polar surface area (TPSA) is 150 Å². The first-order chi connectivity index (χ1) is 14.7. The Bertz CT molecular complexity index is 1180. The molecule has 1 heterocycles. The molecule has 162 valence electrons. The summed E-state index contributed by atoms with van der Waals surface area (Å²) in [5.74, 6) is 0. The van der Waals surface area contributed by atoms with Crippen molar-refractivity contribution >= 4 is 39.9 Å². The van der Waals surface area contributed by atoms with Crippen LogP contribution in [0.1, 0.15) is 13.8 Å². The largest absolute Gasteiger partial charge is 0.305 e. The van der Waals surface area contributed by atoms with Crippen LogP contribution in [0.5, 0.6) is 0 Å². The Labute approximate surface area is 179 Å². The number of aromatic nitrogens is 2. The Morgan fingerprint density at radius 1 is 0.935 bits per heavy atom. The molecule has 3 aromatic rings. The molecule has 31 heavy (non-hydrogen) atoms. The smallest absolute Gasteiger partial charge is 0.290 e. The van der Waals surface area contributed by atoms with Gasteiger partial charge in [0, 0.05) is 18.2 Å². The van der Waals surface area contributed by atoms with Crippen LogP contribution in [0.4, 0.5) is 17.1 Å². The van der Waals surface area contributed by atoms with E-state index >= 15 is 0 Å². The van der Waals surface area contributed by atoms with Crippen LogP contribution in [0, 0.1) is 30.3 Å². The fourth-order valence-electron chi connectivity index (χ4n) is 2.99. The predicted molar refractivity (Wildman–Crippen MR) is 113 cm³/mol. The van der Waals surface area contributed by atoms with E-state index < -0.39 is 20.5 Å². The van der Waals surface area contributed by atoms with Gasteiger partial charge in [0.05, 0.1) is 43.4 Å². The highest BCUT2D eigenvalue weighted by Crippen LogP contribution is 2.38. The van der Waals surface area contributed by atoms with Crippen molar-refractivity contribution in [2.24, 2.45) is 0 Å². The summed E-state index contributed by atoms with van der Waals surface area (Å²) < 4.78 is 1.76. The van der Waals surface area contributed by atoms with E-state index in [-0.39, 0.29) is 16.3 Å². The Morgan fingerprint density at radius 3 is 2.13 bits per heavy atom. The summed E-state index contributed by atoms with van der Waals surface area (Å²) in [6, 6.07) is 7.70. The molecule has 0 unspecified atom stereocenters. The number of hydrogen-bond acceptors (Lipinski definition) is 9. The van der Waals surface area contributed by atoms with Gasteiger partial charge in [-0.1, -0.05) is 13.8 Å². The van der Waals surface area contributed by atoms with Crippen LogP contribution in [0.15, 0.2) is 46.5 Å². The van der Waals surface area contributed by atoms with E-state index in [1.165, 1.54) is 30.3 Å². The summed E-state index contributed by atoms with van der Waals surface area (Å²) in [5, 5.41) is 34.1. The molecule has 0 aliphatic rings. The standard InChI is InChI=1S/C18H18N6O6S/c1-3-20(4-2)11-21-15-9-12(22(25)26)5-7-14(15)19-18(21)31-17-8-6-13(23(27)28)10-16(17)24(29)30/h5-10H,3-4,11H2,1-2H3. The van der Waals surface area contributed by atoms with E-state index in [1.54, 1.807) is 4.57 Å². The summed E-state index contributed by atoms with van der Waals surface area (Å²) in [6.45, 7) is 5.74. The highest BCUT2D eigenvalue weighted by molar-refractivity contribution is 7.99. The number of nitro benzene ring substituents is 3. The van der Waals surface area contributed by atoms with Crippen LogP contribution >= 0.6 is 11.8 Å². The Morgan fingerprint density at radius 2 is 1.55 bits per heavy atom. The van der Waals surface area contributed by atoms with Gasteiger partial charge in [0.25, 0.3) is 17.1 Å². The molecule has 3 rings (SSSR count). The van der Waals surface area contributed by atoms with Crippen molar-refractivity contribution in [2.45, 2.75) is 30.6 Å². The van der Waals surface area contributed by atoms with E-state index in [2.05, 4.69) is 9.88 Å². The molecular formula is C18H18N6O6S. The average Bonchev–Trinajstić information content (AvgIpc) is 3.07. The van der Waals surface area contributed by atoms with Crippen molar-refractivity contribution in [1.82, 2.24) is 14.5 Å². The second-order valence-electron chi connectivity index (χ2n) is 6.47. The van der Waals surface area contributed by atoms with Gasteiger partial charge in [-0.3, -0.25) is 35.2 Å². The second-order valence-corrected chi connectivity index (χ2v) is 7.47. The number of nitrogens with zero attached hydrogens (tertiary/aromatic N) is 6. The van der Waals surface area contributed by atoms with Gasteiger partial charge in [-0.25, -0.2) is 4.98 Å². The van der Waals surface area contributed by atoms with Gasteiger partial charge in [0.1, 0.15) is 0 Å². The molecule has 0 spiro atoms. The van der Waals surface area contributed by atoms with Crippen molar-refractivity contribution in [3.05, 3.63) is 66.7 Å². The van der Waals surface area contributed by atoms with Crippen molar-refractivity contribution in [3.63, 3.8) is 0 Å². The average molecular weight is 446 g/mol. The normalized spacial score (nSPS) is 11.2. The zero-order valence-electron chi connectivity index (χ0n) is 16.6. The highest BCUT2D eigenvalue weighted by Gasteiger charge is 2.23. The van der Waals surface area contributed by atoms with Crippen molar-refractivity contribution in [2.75, 3.05) is 13.1 Å². The maximum absolute atomic E-state index is 11.5. The van der Waals surface area contributed by atoms with Crippen LogP contribution in [-0.4, -0.2) is 42.3 Å². The fourth-order valence-corrected chi connectivity index (χ4v) is 3.97. The van der Waals surface area contributed by atoms with Crippen molar-refractivity contribution < 1.29 is 14.8 Å². The maximum Gasteiger partial charge on any atom is 0.290 e. The molecule has 0 N–H and O–H groups in total. The van der Waals surface area contributed by atoms with E-state index in [0.29, 0.717) is 35.9 Å². The maximum atomic E-state index is 11.5. The third-order valence-corrected chi connectivity index (χ3v) is 5.75. The number of benzene rings is 2. The molecule has 0 amide bonds. The summed E-state index contributed by atoms with van der Waals surface area (Å²) in [4.78, 5) is 38.6. The molecule has 0 bridgehead atoms. The lowest BCUT2D eigenvalue weighted by Crippen LogP contribution is -2.26. The van der Waals surface area contributed by atoms with Crippen molar-refractivity contribution in [1.29, 1.82) is 0 Å². The van der Waals surface area contributed by atoms with Gasteiger partial charge in [-0.15, -0.1) is 0 Å². The molecule has 2 aromatic carbocycles. The molecular weight excluding hydrogens is 428 g/mol. The van der Waals surface area contributed by atoms with Crippen LogP contribution in [0.25, 0.3) is 11.0 Å². The molecule has 1 aromatic heterocycles. The predicted octanol–water partition coefficient (Wildman–Crippen LogP) is 4.21. The summed E-state index contributed by atoms with van der Waals surface area (Å²) in [5.41, 5.74) is 0.138. The third-order valence-electron chi connectivity index (χ3n) is 4.69. The summed E-state index contributed by atoms with van der Waals surface area (Å²) in [6.07, 6.45) is 0. The fraction of sp³-hybridized carbons (Fsp3) is 0.278. The van der Waals surface area contributed by atoms with Gasteiger partial charge >= 0.3 is 0 Å². The van der Waals surface area contributed by atoms with Crippen LogP contribution in [0.2, 0.25) is 0 Å². The number of fused-ring (bicyclic) bond motifs is 1. The first-order valence-corrected chi connectivity index (χ1v) is 10.0. The third kappa shape index (κ3) is 4.62. The van der Waals surface area contributed by atoms with Crippen LogP contribution in [-0.2, 0) is 6.67 Å². The Kier molecular flexibility index (Phi) is 6.46. The Hall–Kier alpha value is -3.58.